The maximum absolute atomic E-state index is 12.2. The van der Waals surface area contributed by atoms with Crippen LogP contribution in [-0.4, -0.2) is 54.4 Å². The molecule has 2 heterocycles. The Morgan fingerprint density at radius 3 is 3.05 bits per heavy atom. The van der Waals surface area contributed by atoms with Gasteiger partial charge in [0.25, 0.3) is 0 Å². The van der Waals surface area contributed by atoms with Gasteiger partial charge in [-0.2, -0.15) is 0 Å². The van der Waals surface area contributed by atoms with E-state index in [1.807, 2.05) is 0 Å². The van der Waals surface area contributed by atoms with Crippen LogP contribution in [0.3, 0.4) is 0 Å². The van der Waals surface area contributed by atoms with Crippen molar-refractivity contribution < 1.29 is 9.90 Å². The Morgan fingerprint density at radius 2 is 2.23 bits per heavy atom. The van der Waals surface area contributed by atoms with E-state index in [4.69, 9.17) is 0 Å². The van der Waals surface area contributed by atoms with Gasteiger partial charge >= 0.3 is 6.03 Å². The average molecular weight is 303 g/mol. The van der Waals surface area contributed by atoms with Gasteiger partial charge in [-0.15, -0.1) is 0 Å². The van der Waals surface area contributed by atoms with Gasteiger partial charge in [-0.1, -0.05) is 18.2 Å². The Balaban J connectivity index is 1.52. The third kappa shape index (κ3) is 2.90. The van der Waals surface area contributed by atoms with Crippen LogP contribution in [0.25, 0.3) is 0 Å². The molecule has 5 nitrogen and oxygen atoms in total. The minimum Gasteiger partial charge on any atom is -0.394 e. The van der Waals surface area contributed by atoms with E-state index in [0.717, 1.165) is 32.4 Å². The number of urea groups is 1. The predicted molar refractivity (Wildman–Crippen MR) is 87.2 cm³/mol. The molecule has 22 heavy (non-hydrogen) atoms. The van der Waals surface area contributed by atoms with Crippen molar-refractivity contribution in [3.05, 3.63) is 29.8 Å². The van der Waals surface area contributed by atoms with Crippen molar-refractivity contribution >= 4 is 11.7 Å². The van der Waals surface area contributed by atoms with Crippen molar-refractivity contribution in [2.75, 3.05) is 31.1 Å². The fourth-order valence-electron chi connectivity index (χ4n) is 3.65. The summed E-state index contributed by atoms with van der Waals surface area (Å²) in [6.07, 6.45) is 2.96. The van der Waals surface area contributed by atoms with Gasteiger partial charge in [0.2, 0.25) is 0 Å². The van der Waals surface area contributed by atoms with Crippen LogP contribution < -0.4 is 10.2 Å². The van der Waals surface area contributed by atoms with Crippen LogP contribution in [0, 0.1) is 0 Å². The number of fused-ring (bicyclic) bond motifs is 1. The number of likely N-dealkylation sites (tertiary alicyclic amines) is 1. The molecule has 2 aliphatic heterocycles. The van der Waals surface area contributed by atoms with Gasteiger partial charge < -0.3 is 20.2 Å². The third-order valence-corrected chi connectivity index (χ3v) is 4.83. The molecule has 5 heteroatoms. The van der Waals surface area contributed by atoms with Gasteiger partial charge in [0.05, 0.1) is 12.6 Å². The maximum atomic E-state index is 12.2. The number of aliphatic hydroxyl groups is 1. The smallest absolute Gasteiger partial charge is 0.317 e. The first-order valence-corrected chi connectivity index (χ1v) is 8.20. The highest BCUT2D eigenvalue weighted by molar-refractivity contribution is 5.75. The highest BCUT2D eigenvalue weighted by atomic mass is 16.3. The highest BCUT2D eigenvalue weighted by Gasteiger charge is 2.28. The van der Waals surface area contributed by atoms with Crippen molar-refractivity contribution in [1.29, 1.82) is 0 Å². The number of para-hydroxylation sites is 1. The lowest BCUT2D eigenvalue weighted by Gasteiger charge is -2.27. The number of nitrogens with one attached hydrogen (secondary N) is 1. The molecule has 2 atom stereocenters. The van der Waals surface area contributed by atoms with Crippen LogP contribution in [0.5, 0.6) is 0 Å². The summed E-state index contributed by atoms with van der Waals surface area (Å²) in [5.41, 5.74) is 2.68. The lowest BCUT2D eigenvalue weighted by Crippen LogP contribution is -2.46. The zero-order valence-electron chi connectivity index (χ0n) is 13.2. The standard InChI is InChI=1S/C17H25N3O2/c1-13-11-14-5-2-3-7-16(14)19(13)10-8-18-17(22)20-9-4-6-15(20)12-21/h2-3,5,7,13,15,21H,4,6,8-12H2,1H3,(H,18,22)/t13?,15-/m0/s1. The van der Waals surface area contributed by atoms with Crippen molar-refractivity contribution in [3.63, 3.8) is 0 Å². The largest absolute Gasteiger partial charge is 0.394 e. The maximum Gasteiger partial charge on any atom is 0.317 e. The molecule has 2 N–H and O–H groups in total. The van der Waals surface area contributed by atoms with Crippen LogP contribution in [0.2, 0.25) is 0 Å². The van der Waals surface area contributed by atoms with Crippen LogP contribution in [0.1, 0.15) is 25.3 Å². The first kappa shape index (κ1) is 15.2. The second-order valence-corrected chi connectivity index (χ2v) is 6.28. The Hall–Kier alpha value is -1.75. The minimum absolute atomic E-state index is 0.00793. The molecular formula is C17H25N3O2. The summed E-state index contributed by atoms with van der Waals surface area (Å²) in [4.78, 5) is 16.3. The van der Waals surface area contributed by atoms with Crippen molar-refractivity contribution in [2.24, 2.45) is 0 Å². The van der Waals surface area contributed by atoms with E-state index in [1.165, 1.54) is 11.3 Å². The molecular weight excluding hydrogens is 278 g/mol. The summed E-state index contributed by atoms with van der Waals surface area (Å²) < 4.78 is 0. The molecule has 1 fully saturated rings. The average Bonchev–Trinajstić information content (AvgIpc) is 3.11. The van der Waals surface area contributed by atoms with Gasteiger partial charge in [0, 0.05) is 31.4 Å². The Labute approximate surface area is 131 Å². The molecule has 0 aliphatic carbocycles. The molecule has 2 aliphatic rings. The van der Waals surface area contributed by atoms with E-state index in [2.05, 4.69) is 41.4 Å². The zero-order chi connectivity index (χ0) is 15.5. The predicted octanol–water partition coefficient (Wildman–Crippen LogP) is 1.60. The Kier molecular flexibility index (Phi) is 4.52. The molecule has 1 unspecified atom stereocenters. The molecule has 0 bridgehead atoms. The van der Waals surface area contributed by atoms with Crippen LogP contribution in [0.15, 0.2) is 24.3 Å². The number of carbonyl (C=O) groups is 1. The molecule has 120 valence electrons. The van der Waals surface area contributed by atoms with Crippen LogP contribution in [0.4, 0.5) is 10.5 Å². The highest BCUT2D eigenvalue weighted by Crippen LogP contribution is 2.31. The number of nitrogens with zero attached hydrogens (tertiary/aromatic N) is 2. The minimum atomic E-state index is -0.0447. The summed E-state index contributed by atoms with van der Waals surface area (Å²) in [5.74, 6) is 0. The van der Waals surface area contributed by atoms with Crippen molar-refractivity contribution in [1.82, 2.24) is 10.2 Å². The lowest BCUT2D eigenvalue weighted by molar-refractivity contribution is 0.157. The van der Waals surface area contributed by atoms with E-state index in [1.54, 1.807) is 4.90 Å². The number of anilines is 1. The fraction of sp³-hybridized carbons (Fsp3) is 0.588. The SMILES string of the molecule is CC1Cc2ccccc2N1CCNC(=O)N1CCC[C@H]1CO. The van der Waals surface area contributed by atoms with Gasteiger partial charge in [0.1, 0.15) is 0 Å². The molecule has 0 radical (unpaired) electrons. The molecule has 1 saturated heterocycles. The van der Waals surface area contributed by atoms with E-state index in [9.17, 15) is 9.90 Å². The first-order valence-electron chi connectivity index (χ1n) is 8.20. The topological polar surface area (TPSA) is 55.8 Å². The van der Waals surface area contributed by atoms with Crippen molar-refractivity contribution in [2.45, 2.75) is 38.3 Å². The fourth-order valence-corrected chi connectivity index (χ4v) is 3.65. The molecule has 1 aromatic rings. The van der Waals surface area contributed by atoms with Gasteiger partial charge in [0.15, 0.2) is 0 Å². The zero-order valence-corrected chi connectivity index (χ0v) is 13.2. The molecule has 2 amide bonds. The van der Waals surface area contributed by atoms with Gasteiger partial charge in [-0.3, -0.25) is 0 Å². The monoisotopic (exact) mass is 303 g/mol. The van der Waals surface area contributed by atoms with Crippen LogP contribution in [-0.2, 0) is 6.42 Å². The summed E-state index contributed by atoms with van der Waals surface area (Å²) in [6.45, 7) is 4.49. The number of hydrogen-bond donors (Lipinski definition) is 2. The molecule has 0 aromatic heterocycles. The molecule has 3 rings (SSSR count). The molecule has 1 aromatic carbocycles. The second kappa shape index (κ2) is 6.57. The van der Waals surface area contributed by atoms with E-state index in [0.29, 0.717) is 12.6 Å². The Morgan fingerprint density at radius 1 is 1.41 bits per heavy atom. The summed E-state index contributed by atoms with van der Waals surface area (Å²) in [5, 5.41) is 12.3. The summed E-state index contributed by atoms with van der Waals surface area (Å²) >= 11 is 0. The van der Waals surface area contributed by atoms with Crippen LogP contribution >= 0.6 is 0 Å². The molecule has 0 spiro atoms. The normalized spacial score (nSPS) is 23.7. The quantitative estimate of drug-likeness (QED) is 0.888. The summed E-state index contributed by atoms with van der Waals surface area (Å²) in [6, 6.07) is 8.91. The second-order valence-electron chi connectivity index (χ2n) is 6.28. The Bertz CT molecular complexity index is 534. The number of benzene rings is 1. The summed E-state index contributed by atoms with van der Waals surface area (Å²) in [7, 11) is 0. The van der Waals surface area contributed by atoms with Crippen molar-refractivity contribution in [3.8, 4) is 0 Å². The number of rotatable bonds is 4. The van der Waals surface area contributed by atoms with Gasteiger partial charge in [-0.25, -0.2) is 4.79 Å². The number of carbonyl (C=O) groups excluding carboxylic acids is 1. The van der Waals surface area contributed by atoms with E-state index >= 15 is 0 Å². The van der Waals surface area contributed by atoms with E-state index < -0.39 is 0 Å². The first-order chi connectivity index (χ1) is 10.7. The third-order valence-electron chi connectivity index (χ3n) is 4.83. The number of hydrogen-bond acceptors (Lipinski definition) is 3. The number of amides is 2. The number of aliphatic hydroxyl groups excluding tert-OH is 1. The van der Waals surface area contributed by atoms with E-state index in [-0.39, 0.29) is 18.7 Å². The lowest BCUT2D eigenvalue weighted by atomic mass is 10.1. The molecule has 0 saturated carbocycles. The van der Waals surface area contributed by atoms with Gasteiger partial charge in [-0.05, 0) is 37.8 Å².